The van der Waals surface area contributed by atoms with Crippen LogP contribution < -0.4 is 15.4 Å². The van der Waals surface area contributed by atoms with E-state index in [9.17, 15) is 18.4 Å². The van der Waals surface area contributed by atoms with Crippen LogP contribution in [0.25, 0.3) is 0 Å². The van der Waals surface area contributed by atoms with Crippen molar-refractivity contribution in [2.75, 3.05) is 17.2 Å². The van der Waals surface area contributed by atoms with E-state index >= 15 is 0 Å². The molecule has 2 aromatic rings. The first kappa shape index (κ1) is 18.7. The lowest BCUT2D eigenvalue weighted by atomic mass is 10.3. The summed E-state index contributed by atoms with van der Waals surface area (Å²) in [6.45, 7) is 1.21. The van der Waals surface area contributed by atoms with Crippen LogP contribution in [0.2, 0.25) is 0 Å². The van der Waals surface area contributed by atoms with E-state index in [4.69, 9.17) is 4.74 Å². The SMILES string of the molecule is CC(=O)Nc1ccc(OCC(=O)Nc2ccc(SC(F)F)cc2)cc1. The van der Waals surface area contributed by atoms with Crippen LogP contribution in [0.5, 0.6) is 5.75 Å². The summed E-state index contributed by atoms with van der Waals surface area (Å²) in [4.78, 5) is 23.2. The van der Waals surface area contributed by atoms with Gasteiger partial charge < -0.3 is 15.4 Å². The van der Waals surface area contributed by atoms with Gasteiger partial charge in [-0.05, 0) is 48.5 Å². The maximum Gasteiger partial charge on any atom is 0.288 e. The molecular formula is C17H16F2N2O3S. The predicted molar refractivity (Wildman–Crippen MR) is 93.2 cm³/mol. The van der Waals surface area contributed by atoms with Crippen LogP contribution in [0.3, 0.4) is 0 Å². The van der Waals surface area contributed by atoms with Crippen LogP contribution in [0.1, 0.15) is 6.92 Å². The Bertz CT molecular complexity index is 722. The largest absolute Gasteiger partial charge is 0.484 e. The molecule has 2 rings (SSSR count). The van der Waals surface area contributed by atoms with Gasteiger partial charge in [0.1, 0.15) is 5.75 Å². The zero-order valence-electron chi connectivity index (χ0n) is 13.3. The summed E-state index contributed by atoms with van der Waals surface area (Å²) in [5.74, 6) is -2.55. The molecule has 0 spiro atoms. The monoisotopic (exact) mass is 366 g/mol. The van der Waals surface area contributed by atoms with Crippen molar-refractivity contribution in [2.45, 2.75) is 17.6 Å². The third-order valence-electron chi connectivity index (χ3n) is 2.91. The highest BCUT2D eigenvalue weighted by atomic mass is 32.2. The molecule has 0 aliphatic heterocycles. The van der Waals surface area contributed by atoms with Gasteiger partial charge in [0, 0.05) is 23.2 Å². The van der Waals surface area contributed by atoms with Gasteiger partial charge in [-0.25, -0.2) is 0 Å². The van der Waals surface area contributed by atoms with E-state index in [1.165, 1.54) is 19.1 Å². The maximum atomic E-state index is 12.2. The van der Waals surface area contributed by atoms with Crippen molar-refractivity contribution >= 4 is 35.0 Å². The van der Waals surface area contributed by atoms with Gasteiger partial charge in [-0.1, -0.05) is 11.8 Å². The molecule has 2 N–H and O–H groups in total. The first-order valence-electron chi connectivity index (χ1n) is 7.27. The molecule has 0 atom stereocenters. The standard InChI is InChI=1S/C17H16F2N2O3S/c1-11(22)20-12-2-6-14(7-3-12)24-10-16(23)21-13-4-8-15(9-5-13)25-17(18)19/h2-9,17H,10H2,1H3,(H,20,22)(H,21,23). The highest BCUT2D eigenvalue weighted by Gasteiger charge is 2.07. The molecule has 0 aromatic heterocycles. The van der Waals surface area contributed by atoms with Crippen LogP contribution in [0.4, 0.5) is 20.2 Å². The number of halogens is 2. The number of thioether (sulfide) groups is 1. The number of anilines is 2. The number of nitrogens with one attached hydrogen (secondary N) is 2. The summed E-state index contributed by atoms with van der Waals surface area (Å²) in [6.07, 6.45) is 0. The Labute approximate surface area is 147 Å². The number of amides is 2. The van der Waals surface area contributed by atoms with Gasteiger partial charge in [0.15, 0.2) is 6.61 Å². The Kier molecular flexibility index (Phi) is 6.76. The van der Waals surface area contributed by atoms with Crippen molar-refractivity contribution in [1.82, 2.24) is 0 Å². The first-order chi connectivity index (χ1) is 11.9. The van der Waals surface area contributed by atoms with E-state index in [0.717, 1.165) is 0 Å². The van der Waals surface area contributed by atoms with E-state index in [0.29, 0.717) is 33.8 Å². The molecule has 0 heterocycles. The van der Waals surface area contributed by atoms with E-state index in [1.807, 2.05) is 0 Å². The van der Waals surface area contributed by atoms with Crippen molar-refractivity contribution in [3.63, 3.8) is 0 Å². The zero-order valence-corrected chi connectivity index (χ0v) is 14.1. The van der Waals surface area contributed by atoms with Crippen molar-refractivity contribution in [2.24, 2.45) is 0 Å². The van der Waals surface area contributed by atoms with E-state index in [1.54, 1.807) is 36.4 Å². The molecule has 2 aromatic carbocycles. The molecule has 5 nitrogen and oxygen atoms in total. The molecule has 0 saturated heterocycles. The van der Waals surface area contributed by atoms with Crippen LogP contribution >= 0.6 is 11.8 Å². The van der Waals surface area contributed by atoms with Gasteiger partial charge in [0.25, 0.3) is 11.7 Å². The molecule has 8 heteroatoms. The van der Waals surface area contributed by atoms with Crippen molar-refractivity contribution in [3.05, 3.63) is 48.5 Å². The second kappa shape index (κ2) is 9.03. The van der Waals surface area contributed by atoms with Crippen molar-refractivity contribution < 1.29 is 23.1 Å². The van der Waals surface area contributed by atoms with Crippen molar-refractivity contribution in [3.8, 4) is 5.75 Å². The summed E-state index contributed by atoms with van der Waals surface area (Å²) in [5, 5.41) is 5.24. The smallest absolute Gasteiger partial charge is 0.288 e. The van der Waals surface area contributed by atoms with E-state index < -0.39 is 5.76 Å². The Morgan fingerprint density at radius 3 is 2.12 bits per heavy atom. The second-order valence-electron chi connectivity index (χ2n) is 4.95. The second-order valence-corrected chi connectivity index (χ2v) is 6.01. The Morgan fingerprint density at radius 1 is 1.00 bits per heavy atom. The zero-order chi connectivity index (χ0) is 18.2. The minimum Gasteiger partial charge on any atom is -0.484 e. The molecule has 0 saturated carbocycles. The molecule has 0 aliphatic rings. The fraction of sp³-hybridized carbons (Fsp3) is 0.176. The third-order valence-corrected chi connectivity index (χ3v) is 3.63. The van der Waals surface area contributed by atoms with Gasteiger partial charge in [-0.15, -0.1) is 0 Å². The highest BCUT2D eigenvalue weighted by molar-refractivity contribution is 7.99. The average Bonchev–Trinajstić information content (AvgIpc) is 2.55. The number of hydrogen-bond donors (Lipinski definition) is 2. The molecule has 0 fully saturated rings. The van der Waals surface area contributed by atoms with E-state index in [-0.39, 0.29) is 18.4 Å². The molecule has 0 radical (unpaired) electrons. The fourth-order valence-electron chi connectivity index (χ4n) is 1.90. The number of alkyl halides is 2. The minimum atomic E-state index is -2.48. The molecule has 0 bridgehead atoms. The normalized spacial score (nSPS) is 10.4. The maximum absolute atomic E-state index is 12.2. The number of carbonyl (C=O) groups excluding carboxylic acids is 2. The van der Waals surface area contributed by atoms with Crippen LogP contribution in [0, 0.1) is 0 Å². The van der Waals surface area contributed by atoms with Crippen LogP contribution in [-0.4, -0.2) is 24.2 Å². The van der Waals surface area contributed by atoms with Gasteiger partial charge in [-0.3, -0.25) is 9.59 Å². The summed E-state index contributed by atoms with van der Waals surface area (Å²) < 4.78 is 29.8. The predicted octanol–water partition coefficient (Wildman–Crippen LogP) is 3.98. The Morgan fingerprint density at radius 2 is 1.56 bits per heavy atom. The molecule has 2 amide bonds. The summed E-state index contributed by atoms with van der Waals surface area (Å²) in [7, 11) is 0. The molecule has 0 unspecified atom stereocenters. The molecule has 0 aliphatic carbocycles. The number of carbonyl (C=O) groups is 2. The average molecular weight is 366 g/mol. The number of benzene rings is 2. The number of hydrogen-bond acceptors (Lipinski definition) is 4. The Balaban J connectivity index is 1.81. The minimum absolute atomic E-state index is 0.175. The fourth-order valence-corrected chi connectivity index (χ4v) is 2.40. The lowest BCUT2D eigenvalue weighted by Crippen LogP contribution is -2.20. The van der Waals surface area contributed by atoms with Crippen LogP contribution in [-0.2, 0) is 9.59 Å². The highest BCUT2D eigenvalue weighted by Crippen LogP contribution is 2.26. The molecule has 132 valence electrons. The van der Waals surface area contributed by atoms with Gasteiger partial charge >= 0.3 is 0 Å². The van der Waals surface area contributed by atoms with Gasteiger partial charge in [0.2, 0.25) is 5.91 Å². The number of rotatable bonds is 7. The summed E-state index contributed by atoms with van der Waals surface area (Å²) >= 11 is 0.441. The molecular weight excluding hydrogens is 350 g/mol. The first-order valence-corrected chi connectivity index (χ1v) is 8.15. The summed E-state index contributed by atoms with van der Waals surface area (Å²) in [6, 6.07) is 12.7. The lowest BCUT2D eigenvalue weighted by Gasteiger charge is -2.09. The third kappa shape index (κ3) is 6.80. The Hall–Kier alpha value is -2.61. The molecule has 25 heavy (non-hydrogen) atoms. The van der Waals surface area contributed by atoms with Crippen molar-refractivity contribution in [1.29, 1.82) is 0 Å². The number of ether oxygens (including phenoxy) is 1. The van der Waals surface area contributed by atoms with E-state index in [2.05, 4.69) is 10.6 Å². The lowest BCUT2D eigenvalue weighted by molar-refractivity contribution is -0.118. The van der Waals surface area contributed by atoms with Gasteiger partial charge in [0.05, 0.1) is 0 Å². The summed E-state index contributed by atoms with van der Waals surface area (Å²) in [5.41, 5.74) is 1.12. The quantitative estimate of drug-likeness (QED) is 0.728. The topological polar surface area (TPSA) is 67.4 Å². The van der Waals surface area contributed by atoms with Crippen LogP contribution in [0.15, 0.2) is 53.4 Å². The van der Waals surface area contributed by atoms with Gasteiger partial charge in [-0.2, -0.15) is 8.78 Å².